The maximum atomic E-state index is 13.6. The summed E-state index contributed by atoms with van der Waals surface area (Å²) in [5.41, 5.74) is 4.74. The highest BCUT2D eigenvalue weighted by Crippen LogP contribution is 2.30. The lowest BCUT2D eigenvalue weighted by molar-refractivity contribution is 0.0513. The topological polar surface area (TPSA) is 33.2 Å². The molecular formula is C24H26N2O. The Labute approximate surface area is 161 Å². The maximum absolute atomic E-state index is 13.6. The first kappa shape index (κ1) is 17.7. The van der Waals surface area contributed by atoms with Crippen molar-refractivity contribution in [2.24, 2.45) is 0 Å². The Balaban J connectivity index is 1.85. The monoisotopic (exact) mass is 358 g/mol. The predicted octanol–water partition coefficient (Wildman–Crippen LogP) is 5.61. The van der Waals surface area contributed by atoms with Crippen LogP contribution in [0.15, 0.2) is 54.6 Å². The van der Waals surface area contributed by atoms with Crippen LogP contribution in [0.1, 0.15) is 49.0 Å². The molecule has 0 saturated carbocycles. The standard InChI is InChI=1S/C24H26N2O/c1-16-11-13-19(14-12-16)23-15-21(20-9-4-5-10-22(20)25-23)24(27)26-17(2)7-6-8-18(26)3/h4-5,9-15,17-18H,6-8H2,1-3H3. The van der Waals surface area contributed by atoms with E-state index in [1.807, 2.05) is 30.3 Å². The van der Waals surface area contributed by atoms with Gasteiger partial charge in [-0.15, -0.1) is 0 Å². The van der Waals surface area contributed by atoms with E-state index >= 15 is 0 Å². The third-order valence-corrected chi connectivity index (χ3v) is 5.72. The Morgan fingerprint density at radius 1 is 1.00 bits per heavy atom. The van der Waals surface area contributed by atoms with Gasteiger partial charge >= 0.3 is 0 Å². The second kappa shape index (κ2) is 7.15. The lowest BCUT2D eigenvalue weighted by Gasteiger charge is -2.39. The van der Waals surface area contributed by atoms with Crippen LogP contribution in [-0.4, -0.2) is 27.9 Å². The van der Waals surface area contributed by atoms with Crippen molar-refractivity contribution in [3.05, 3.63) is 65.7 Å². The van der Waals surface area contributed by atoms with Gasteiger partial charge in [-0.05, 0) is 52.2 Å². The fourth-order valence-electron chi connectivity index (χ4n) is 4.19. The number of benzene rings is 2. The minimum atomic E-state index is 0.127. The molecule has 4 rings (SSSR count). The smallest absolute Gasteiger partial charge is 0.255 e. The molecule has 0 N–H and O–H groups in total. The van der Waals surface area contributed by atoms with Gasteiger partial charge in [-0.2, -0.15) is 0 Å². The largest absolute Gasteiger partial charge is 0.333 e. The van der Waals surface area contributed by atoms with Crippen LogP contribution in [0.5, 0.6) is 0 Å². The van der Waals surface area contributed by atoms with E-state index in [4.69, 9.17) is 4.98 Å². The number of hydrogen-bond acceptors (Lipinski definition) is 2. The van der Waals surface area contributed by atoms with Crippen molar-refractivity contribution in [1.29, 1.82) is 0 Å². The molecule has 2 heterocycles. The van der Waals surface area contributed by atoms with Crippen LogP contribution in [-0.2, 0) is 0 Å². The van der Waals surface area contributed by atoms with Crippen LogP contribution in [0.2, 0.25) is 0 Å². The molecule has 1 amide bonds. The van der Waals surface area contributed by atoms with Crippen molar-refractivity contribution < 1.29 is 4.79 Å². The Hall–Kier alpha value is -2.68. The van der Waals surface area contributed by atoms with Crippen molar-refractivity contribution in [3.63, 3.8) is 0 Å². The van der Waals surface area contributed by atoms with Crippen molar-refractivity contribution in [1.82, 2.24) is 9.88 Å². The van der Waals surface area contributed by atoms with Gasteiger partial charge in [0.2, 0.25) is 0 Å². The average molecular weight is 358 g/mol. The van der Waals surface area contributed by atoms with Gasteiger partial charge in [0.25, 0.3) is 5.91 Å². The molecule has 0 aliphatic carbocycles. The van der Waals surface area contributed by atoms with Crippen LogP contribution in [0, 0.1) is 6.92 Å². The van der Waals surface area contributed by atoms with Gasteiger partial charge in [-0.3, -0.25) is 4.79 Å². The maximum Gasteiger partial charge on any atom is 0.255 e. The SMILES string of the molecule is Cc1ccc(-c2cc(C(=O)N3C(C)CCCC3C)c3ccccc3n2)cc1. The summed E-state index contributed by atoms with van der Waals surface area (Å²) in [4.78, 5) is 20.5. The van der Waals surface area contributed by atoms with Crippen LogP contribution in [0.3, 0.4) is 0 Å². The van der Waals surface area contributed by atoms with E-state index < -0.39 is 0 Å². The number of fused-ring (bicyclic) bond motifs is 1. The zero-order valence-electron chi connectivity index (χ0n) is 16.3. The molecule has 0 radical (unpaired) electrons. The normalized spacial score (nSPS) is 20.0. The molecule has 1 aromatic heterocycles. The van der Waals surface area contributed by atoms with E-state index in [2.05, 4.69) is 49.9 Å². The van der Waals surface area contributed by atoms with Crippen LogP contribution in [0.4, 0.5) is 0 Å². The highest BCUT2D eigenvalue weighted by Gasteiger charge is 2.30. The van der Waals surface area contributed by atoms with Gasteiger partial charge in [-0.25, -0.2) is 4.98 Å². The number of aromatic nitrogens is 1. The number of hydrogen-bond donors (Lipinski definition) is 0. The van der Waals surface area contributed by atoms with Crippen LogP contribution < -0.4 is 0 Å². The number of carbonyl (C=O) groups excluding carboxylic acids is 1. The van der Waals surface area contributed by atoms with Gasteiger partial charge in [0.15, 0.2) is 0 Å². The van der Waals surface area contributed by atoms with Crippen molar-refractivity contribution in [3.8, 4) is 11.3 Å². The van der Waals surface area contributed by atoms with Gasteiger partial charge < -0.3 is 4.90 Å². The molecule has 138 valence electrons. The second-order valence-electron chi connectivity index (χ2n) is 7.78. The fraction of sp³-hybridized carbons (Fsp3) is 0.333. The third-order valence-electron chi connectivity index (χ3n) is 5.72. The highest BCUT2D eigenvalue weighted by atomic mass is 16.2. The van der Waals surface area contributed by atoms with E-state index in [1.165, 1.54) is 12.0 Å². The summed E-state index contributed by atoms with van der Waals surface area (Å²) in [5, 5.41) is 0.934. The molecule has 27 heavy (non-hydrogen) atoms. The number of aryl methyl sites for hydroxylation is 1. The molecule has 1 saturated heterocycles. The average Bonchev–Trinajstić information content (AvgIpc) is 2.67. The fourth-order valence-corrected chi connectivity index (χ4v) is 4.19. The lowest BCUT2D eigenvalue weighted by atomic mass is 9.95. The number of amides is 1. The van der Waals surface area contributed by atoms with E-state index in [1.54, 1.807) is 0 Å². The summed E-state index contributed by atoms with van der Waals surface area (Å²) in [7, 11) is 0. The highest BCUT2D eigenvalue weighted by molar-refractivity contribution is 6.07. The van der Waals surface area contributed by atoms with Gasteiger partial charge in [0.05, 0.1) is 16.8 Å². The molecule has 1 aliphatic heterocycles. The Bertz CT molecular complexity index is 967. The number of carbonyl (C=O) groups is 1. The summed E-state index contributed by atoms with van der Waals surface area (Å²) in [6.45, 7) is 6.40. The summed E-state index contributed by atoms with van der Waals surface area (Å²) in [6.07, 6.45) is 3.34. The van der Waals surface area contributed by atoms with Crippen molar-refractivity contribution in [2.75, 3.05) is 0 Å². The van der Waals surface area contributed by atoms with Gasteiger partial charge in [0, 0.05) is 23.0 Å². The van der Waals surface area contributed by atoms with E-state index in [-0.39, 0.29) is 18.0 Å². The zero-order chi connectivity index (χ0) is 19.0. The number of pyridine rings is 1. The molecule has 3 nitrogen and oxygen atoms in total. The molecule has 2 atom stereocenters. The molecule has 2 aromatic carbocycles. The van der Waals surface area contributed by atoms with E-state index in [9.17, 15) is 4.79 Å². The van der Waals surface area contributed by atoms with Crippen molar-refractivity contribution >= 4 is 16.8 Å². The molecule has 2 unspecified atom stereocenters. The van der Waals surface area contributed by atoms with E-state index in [0.717, 1.165) is 40.6 Å². The molecule has 0 bridgehead atoms. The predicted molar refractivity (Wildman–Crippen MR) is 111 cm³/mol. The summed E-state index contributed by atoms with van der Waals surface area (Å²) in [6, 6.07) is 18.8. The number of para-hydroxylation sites is 1. The Kier molecular flexibility index (Phi) is 4.69. The first-order valence-corrected chi connectivity index (χ1v) is 9.84. The summed E-state index contributed by atoms with van der Waals surface area (Å²) < 4.78 is 0. The molecule has 1 aliphatic rings. The minimum absolute atomic E-state index is 0.127. The second-order valence-corrected chi connectivity index (χ2v) is 7.78. The third kappa shape index (κ3) is 3.34. The first-order chi connectivity index (χ1) is 13.0. The molecule has 3 heteroatoms. The van der Waals surface area contributed by atoms with Gasteiger partial charge in [-0.1, -0.05) is 48.0 Å². The van der Waals surface area contributed by atoms with Crippen LogP contribution in [0.25, 0.3) is 22.2 Å². The van der Waals surface area contributed by atoms with Crippen LogP contribution >= 0.6 is 0 Å². The number of rotatable bonds is 2. The van der Waals surface area contributed by atoms with E-state index in [0.29, 0.717) is 0 Å². The van der Waals surface area contributed by atoms with Crippen molar-refractivity contribution in [2.45, 2.75) is 52.1 Å². The quantitative estimate of drug-likeness (QED) is 0.596. The molecule has 3 aromatic rings. The molecular weight excluding hydrogens is 332 g/mol. The summed E-state index contributed by atoms with van der Waals surface area (Å²) in [5.74, 6) is 0.127. The Morgan fingerprint density at radius 3 is 2.37 bits per heavy atom. The molecule has 1 fully saturated rings. The molecule has 0 spiro atoms. The minimum Gasteiger partial charge on any atom is -0.333 e. The number of piperidine rings is 1. The number of nitrogens with zero attached hydrogens (tertiary/aromatic N) is 2. The summed E-state index contributed by atoms with van der Waals surface area (Å²) >= 11 is 0. The zero-order valence-corrected chi connectivity index (χ0v) is 16.3. The Morgan fingerprint density at radius 2 is 1.67 bits per heavy atom. The van der Waals surface area contributed by atoms with Gasteiger partial charge in [0.1, 0.15) is 0 Å². The number of likely N-dealkylation sites (tertiary alicyclic amines) is 1. The first-order valence-electron chi connectivity index (χ1n) is 9.84. The lowest BCUT2D eigenvalue weighted by Crippen LogP contribution is -2.47.